The molecule has 0 saturated carbocycles. The van der Waals surface area contributed by atoms with E-state index in [1.54, 1.807) is 0 Å². The van der Waals surface area contributed by atoms with Crippen molar-refractivity contribution in [1.82, 2.24) is 0 Å². The molecule has 0 saturated heterocycles. The van der Waals surface area contributed by atoms with Gasteiger partial charge in [-0.3, -0.25) is 4.79 Å². The van der Waals surface area contributed by atoms with Gasteiger partial charge >= 0.3 is 6.18 Å². The SMILES string of the molecule is NC(=O)CC#Cc1ccc(Br)cc1C(F)(F)F. The van der Waals surface area contributed by atoms with E-state index in [0.717, 1.165) is 6.07 Å². The Morgan fingerprint density at radius 3 is 2.59 bits per heavy atom. The van der Waals surface area contributed by atoms with Gasteiger partial charge in [0.25, 0.3) is 0 Å². The molecule has 0 atom stereocenters. The van der Waals surface area contributed by atoms with E-state index in [4.69, 9.17) is 5.73 Å². The number of amides is 1. The Hall–Kier alpha value is -1.48. The van der Waals surface area contributed by atoms with Crippen molar-refractivity contribution in [3.8, 4) is 11.8 Å². The smallest absolute Gasteiger partial charge is 0.369 e. The number of rotatable bonds is 1. The second-order valence-corrected chi connectivity index (χ2v) is 4.05. The molecular formula is C11H7BrF3NO. The predicted octanol–water partition coefficient (Wildman–Crippen LogP) is 2.69. The van der Waals surface area contributed by atoms with Crippen LogP contribution in [0.1, 0.15) is 17.5 Å². The highest BCUT2D eigenvalue weighted by atomic mass is 79.9. The monoisotopic (exact) mass is 305 g/mol. The molecule has 0 bridgehead atoms. The molecule has 1 aromatic rings. The van der Waals surface area contributed by atoms with Crippen molar-refractivity contribution < 1.29 is 18.0 Å². The minimum Gasteiger partial charge on any atom is -0.369 e. The number of alkyl halides is 3. The van der Waals surface area contributed by atoms with Crippen molar-refractivity contribution in [2.75, 3.05) is 0 Å². The summed E-state index contributed by atoms with van der Waals surface area (Å²) in [5.41, 5.74) is 3.81. The van der Waals surface area contributed by atoms with Crippen LogP contribution in [0.25, 0.3) is 0 Å². The van der Waals surface area contributed by atoms with Gasteiger partial charge in [-0.25, -0.2) is 0 Å². The van der Waals surface area contributed by atoms with Gasteiger partial charge in [0.05, 0.1) is 12.0 Å². The summed E-state index contributed by atoms with van der Waals surface area (Å²) in [7, 11) is 0. The molecule has 0 aromatic heterocycles. The van der Waals surface area contributed by atoms with E-state index in [1.807, 2.05) is 0 Å². The van der Waals surface area contributed by atoms with Gasteiger partial charge in [-0.2, -0.15) is 13.2 Å². The molecule has 0 aliphatic carbocycles. The average molecular weight is 306 g/mol. The van der Waals surface area contributed by atoms with Crippen LogP contribution in [0.2, 0.25) is 0 Å². The molecule has 2 N–H and O–H groups in total. The van der Waals surface area contributed by atoms with Crippen molar-refractivity contribution in [1.29, 1.82) is 0 Å². The molecule has 0 aliphatic heterocycles. The Morgan fingerprint density at radius 1 is 1.41 bits per heavy atom. The molecule has 0 spiro atoms. The van der Waals surface area contributed by atoms with Gasteiger partial charge in [0.15, 0.2) is 0 Å². The van der Waals surface area contributed by atoms with Crippen molar-refractivity contribution >= 4 is 21.8 Å². The van der Waals surface area contributed by atoms with Crippen LogP contribution < -0.4 is 5.73 Å². The lowest BCUT2D eigenvalue weighted by atomic mass is 10.1. The zero-order chi connectivity index (χ0) is 13.1. The summed E-state index contributed by atoms with van der Waals surface area (Å²) < 4.78 is 38.2. The number of benzene rings is 1. The van der Waals surface area contributed by atoms with Crippen LogP contribution in [0.4, 0.5) is 13.2 Å². The number of nitrogens with two attached hydrogens (primary N) is 1. The summed E-state index contributed by atoms with van der Waals surface area (Å²) >= 11 is 2.96. The normalized spacial score (nSPS) is 10.6. The van der Waals surface area contributed by atoms with Crippen molar-refractivity contribution in [2.45, 2.75) is 12.6 Å². The molecule has 0 fully saturated rings. The number of carbonyl (C=O) groups excluding carboxylic acids is 1. The number of carbonyl (C=O) groups is 1. The third-order valence-electron chi connectivity index (χ3n) is 1.77. The summed E-state index contributed by atoms with van der Waals surface area (Å²) in [6, 6.07) is 3.62. The predicted molar refractivity (Wildman–Crippen MR) is 59.8 cm³/mol. The molecule has 1 amide bonds. The zero-order valence-electron chi connectivity index (χ0n) is 8.44. The van der Waals surface area contributed by atoms with E-state index in [9.17, 15) is 18.0 Å². The largest absolute Gasteiger partial charge is 0.417 e. The third-order valence-corrected chi connectivity index (χ3v) is 2.27. The number of halogens is 4. The van der Waals surface area contributed by atoms with Crippen molar-refractivity contribution in [3.63, 3.8) is 0 Å². The Balaban J connectivity index is 3.14. The van der Waals surface area contributed by atoms with Crippen molar-refractivity contribution in [3.05, 3.63) is 33.8 Å². The highest BCUT2D eigenvalue weighted by molar-refractivity contribution is 9.10. The van der Waals surface area contributed by atoms with Gasteiger partial charge in [0.1, 0.15) is 0 Å². The van der Waals surface area contributed by atoms with Gasteiger partial charge in [0, 0.05) is 10.0 Å². The summed E-state index contributed by atoms with van der Waals surface area (Å²) in [5.74, 6) is 3.90. The molecule has 0 unspecified atom stereocenters. The Labute approximate surface area is 104 Å². The lowest BCUT2D eigenvalue weighted by molar-refractivity contribution is -0.137. The molecule has 90 valence electrons. The Kier molecular flexibility index (Phi) is 4.18. The number of hydrogen-bond donors (Lipinski definition) is 1. The number of primary amides is 1. The summed E-state index contributed by atoms with van der Waals surface area (Å²) in [4.78, 5) is 10.4. The molecule has 0 aliphatic rings. The molecule has 0 radical (unpaired) electrons. The molecule has 17 heavy (non-hydrogen) atoms. The first-order valence-electron chi connectivity index (χ1n) is 4.44. The molecule has 0 heterocycles. The maximum absolute atomic E-state index is 12.6. The fourth-order valence-corrected chi connectivity index (χ4v) is 1.45. The van der Waals surface area contributed by atoms with Crippen LogP contribution in [0.15, 0.2) is 22.7 Å². The first-order chi connectivity index (χ1) is 7.80. The lowest BCUT2D eigenvalue weighted by Gasteiger charge is -2.09. The van der Waals surface area contributed by atoms with E-state index in [0.29, 0.717) is 4.47 Å². The van der Waals surface area contributed by atoms with E-state index in [-0.39, 0.29) is 12.0 Å². The molecule has 6 heteroatoms. The van der Waals surface area contributed by atoms with E-state index < -0.39 is 17.6 Å². The fraction of sp³-hybridized carbons (Fsp3) is 0.182. The van der Waals surface area contributed by atoms with E-state index in [1.165, 1.54) is 12.1 Å². The average Bonchev–Trinajstić information content (AvgIpc) is 2.18. The molecule has 1 rings (SSSR count). The minimum atomic E-state index is -4.49. The zero-order valence-corrected chi connectivity index (χ0v) is 10.0. The third kappa shape index (κ3) is 4.11. The first-order valence-corrected chi connectivity index (χ1v) is 5.24. The van der Waals surface area contributed by atoms with Crippen LogP contribution in [0.5, 0.6) is 0 Å². The molecule has 1 aromatic carbocycles. The van der Waals surface area contributed by atoms with Crippen LogP contribution in [0, 0.1) is 11.8 Å². The highest BCUT2D eigenvalue weighted by Gasteiger charge is 2.33. The second-order valence-electron chi connectivity index (χ2n) is 3.13. The van der Waals surface area contributed by atoms with Crippen molar-refractivity contribution in [2.24, 2.45) is 5.73 Å². The molecular weight excluding hydrogens is 299 g/mol. The van der Waals surface area contributed by atoms with Crippen LogP contribution in [0.3, 0.4) is 0 Å². The maximum atomic E-state index is 12.6. The standard InChI is InChI=1S/C11H7BrF3NO/c12-8-5-4-7(2-1-3-10(16)17)9(6-8)11(13,14)15/h4-6H,3H2,(H2,16,17). The summed E-state index contributed by atoms with van der Waals surface area (Å²) in [6.07, 6.45) is -4.76. The minimum absolute atomic E-state index is 0.179. The highest BCUT2D eigenvalue weighted by Crippen LogP contribution is 2.33. The van der Waals surface area contributed by atoms with Gasteiger partial charge < -0.3 is 5.73 Å². The topological polar surface area (TPSA) is 43.1 Å². The number of hydrogen-bond acceptors (Lipinski definition) is 1. The lowest BCUT2D eigenvalue weighted by Crippen LogP contribution is -2.09. The first kappa shape index (κ1) is 13.6. The van der Waals surface area contributed by atoms with Crippen LogP contribution in [-0.4, -0.2) is 5.91 Å². The quantitative estimate of drug-likeness (QED) is 0.797. The van der Waals surface area contributed by atoms with E-state index >= 15 is 0 Å². The Bertz CT molecular complexity index is 500. The van der Waals surface area contributed by atoms with E-state index in [2.05, 4.69) is 27.8 Å². The van der Waals surface area contributed by atoms with Gasteiger partial charge in [0.2, 0.25) is 5.91 Å². The summed E-state index contributed by atoms with van der Waals surface area (Å²) in [5, 5.41) is 0. The van der Waals surface area contributed by atoms with Gasteiger partial charge in [-0.15, -0.1) is 0 Å². The fourth-order valence-electron chi connectivity index (χ4n) is 1.09. The maximum Gasteiger partial charge on any atom is 0.417 e. The van der Waals surface area contributed by atoms with Gasteiger partial charge in [-0.1, -0.05) is 27.8 Å². The van der Waals surface area contributed by atoms with Gasteiger partial charge in [-0.05, 0) is 18.2 Å². The van der Waals surface area contributed by atoms with Crippen LogP contribution in [-0.2, 0) is 11.0 Å². The Morgan fingerprint density at radius 2 is 2.06 bits per heavy atom. The second kappa shape index (κ2) is 5.23. The molecule has 2 nitrogen and oxygen atoms in total. The van der Waals surface area contributed by atoms with Crippen LogP contribution >= 0.6 is 15.9 Å². The summed E-state index contributed by atoms with van der Waals surface area (Å²) in [6.45, 7) is 0.